The summed E-state index contributed by atoms with van der Waals surface area (Å²) >= 11 is 0. The summed E-state index contributed by atoms with van der Waals surface area (Å²) in [5.74, 6) is -0.276. The largest absolute Gasteiger partial charge is 0.455 e. The zero-order valence-electron chi connectivity index (χ0n) is 17.5. The van der Waals surface area contributed by atoms with Crippen LogP contribution in [0.4, 0.5) is 4.39 Å². The first-order valence-corrected chi connectivity index (χ1v) is 10.7. The number of benzene rings is 1. The van der Waals surface area contributed by atoms with Crippen LogP contribution in [0, 0.1) is 23.1 Å². The van der Waals surface area contributed by atoms with Gasteiger partial charge in [0, 0.05) is 12.5 Å². The Labute approximate surface area is 175 Å². The van der Waals surface area contributed by atoms with E-state index in [0.717, 1.165) is 37.7 Å². The highest BCUT2D eigenvalue weighted by Gasteiger charge is 2.61. The van der Waals surface area contributed by atoms with Crippen molar-refractivity contribution in [1.82, 2.24) is 10.6 Å². The maximum Gasteiger partial charge on any atom is 0.312 e. The Kier molecular flexibility index (Phi) is 5.32. The Balaban J connectivity index is 1.36. The van der Waals surface area contributed by atoms with Crippen molar-refractivity contribution in [3.8, 4) is 0 Å². The molecule has 1 aromatic carbocycles. The molecule has 0 heterocycles. The van der Waals surface area contributed by atoms with Crippen LogP contribution in [0.2, 0.25) is 0 Å². The summed E-state index contributed by atoms with van der Waals surface area (Å²) in [4.78, 5) is 37.1. The molecule has 5 rings (SSSR count). The van der Waals surface area contributed by atoms with Crippen LogP contribution in [-0.4, -0.2) is 29.9 Å². The third kappa shape index (κ3) is 4.07. The minimum Gasteiger partial charge on any atom is -0.455 e. The zero-order valence-corrected chi connectivity index (χ0v) is 17.5. The fourth-order valence-electron chi connectivity index (χ4n) is 6.42. The summed E-state index contributed by atoms with van der Waals surface area (Å²) in [5, 5.41) is 5.91. The molecule has 0 radical (unpaired) electrons. The number of halogens is 1. The number of carbonyl (C=O) groups excluding carboxylic acids is 3. The van der Waals surface area contributed by atoms with E-state index in [1.165, 1.54) is 19.1 Å². The van der Waals surface area contributed by atoms with E-state index in [0.29, 0.717) is 18.3 Å². The van der Waals surface area contributed by atoms with E-state index in [-0.39, 0.29) is 41.8 Å². The lowest BCUT2D eigenvalue weighted by atomic mass is 9.47. The topological polar surface area (TPSA) is 84.5 Å². The predicted molar refractivity (Wildman–Crippen MR) is 108 cm³/mol. The number of hydrogen-bond acceptors (Lipinski definition) is 4. The fourth-order valence-corrected chi connectivity index (χ4v) is 6.42. The van der Waals surface area contributed by atoms with Gasteiger partial charge in [-0.2, -0.15) is 0 Å². The highest BCUT2D eigenvalue weighted by molar-refractivity contribution is 5.83. The summed E-state index contributed by atoms with van der Waals surface area (Å²) in [7, 11) is 0. The molecule has 30 heavy (non-hydrogen) atoms. The van der Waals surface area contributed by atoms with E-state index in [1.807, 2.05) is 0 Å². The summed E-state index contributed by atoms with van der Waals surface area (Å²) in [5.41, 5.74) is -0.140. The number of amides is 2. The molecule has 6 nitrogen and oxygen atoms in total. The van der Waals surface area contributed by atoms with E-state index < -0.39 is 5.41 Å². The van der Waals surface area contributed by atoms with Crippen molar-refractivity contribution < 1.29 is 23.5 Å². The summed E-state index contributed by atoms with van der Waals surface area (Å²) in [6, 6.07) is 5.60. The second-order valence-corrected chi connectivity index (χ2v) is 9.62. The SMILES string of the molecule is CC(=O)NC12C[C@H]3C[C@H](C1)CC(C(=O)OCC(=O)N[C@H](C)c1ccc(F)cc1)(C3)C2. The van der Waals surface area contributed by atoms with Crippen LogP contribution in [0.15, 0.2) is 24.3 Å². The first-order valence-electron chi connectivity index (χ1n) is 10.7. The quantitative estimate of drug-likeness (QED) is 0.698. The molecule has 2 amide bonds. The van der Waals surface area contributed by atoms with Crippen molar-refractivity contribution in [2.45, 2.75) is 64.0 Å². The van der Waals surface area contributed by atoms with E-state index in [1.54, 1.807) is 19.1 Å². The molecule has 4 saturated carbocycles. The molecule has 3 atom stereocenters. The molecule has 4 fully saturated rings. The number of hydrogen-bond donors (Lipinski definition) is 2. The molecule has 0 saturated heterocycles. The minimum absolute atomic E-state index is 0.0605. The molecule has 0 aliphatic heterocycles. The van der Waals surface area contributed by atoms with Gasteiger partial charge < -0.3 is 15.4 Å². The molecule has 0 aromatic heterocycles. The van der Waals surface area contributed by atoms with Gasteiger partial charge in [-0.25, -0.2) is 4.39 Å². The van der Waals surface area contributed by atoms with E-state index in [9.17, 15) is 18.8 Å². The van der Waals surface area contributed by atoms with Crippen LogP contribution < -0.4 is 10.6 Å². The highest BCUT2D eigenvalue weighted by atomic mass is 19.1. The third-order valence-electron chi connectivity index (χ3n) is 7.02. The van der Waals surface area contributed by atoms with Crippen molar-refractivity contribution in [3.63, 3.8) is 0 Å². The smallest absolute Gasteiger partial charge is 0.312 e. The second-order valence-electron chi connectivity index (χ2n) is 9.62. The number of carbonyl (C=O) groups is 3. The first kappa shape index (κ1) is 20.8. The maximum absolute atomic E-state index is 13.1. The van der Waals surface area contributed by atoms with Gasteiger partial charge in [0.15, 0.2) is 6.61 Å². The minimum atomic E-state index is -0.602. The normalized spacial score (nSPS) is 32.4. The average Bonchev–Trinajstić information content (AvgIpc) is 2.64. The Morgan fingerprint density at radius 2 is 1.77 bits per heavy atom. The summed E-state index contributed by atoms with van der Waals surface area (Å²) in [6.07, 6.45) is 5.10. The standard InChI is InChI=1S/C23H29FN2O4/c1-14(18-3-5-19(24)6-4-18)25-20(28)12-30-21(29)22-8-16-7-17(9-22)11-23(10-16,13-22)26-15(2)27/h3-6,14,16-17H,7-13H2,1-2H3,(H,25,28)(H,26,27)/t14-,16+,17+,22?,23?/m1/s1. The van der Waals surface area contributed by atoms with Crippen molar-refractivity contribution in [1.29, 1.82) is 0 Å². The lowest BCUT2D eigenvalue weighted by Crippen LogP contribution is -2.64. The van der Waals surface area contributed by atoms with Gasteiger partial charge in [0.2, 0.25) is 5.91 Å². The predicted octanol–water partition coefficient (Wildman–Crippen LogP) is 3.02. The fraction of sp³-hybridized carbons (Fsp3) is 0.609. The Bertz CT molecular complexity index is 839. The van der Waals surface area contributed by atoms with E-state index >= 15 is 0 Å². The first-order chi connectivity index (χ1) is 14.2. The van der Waals surface area contributed by atoms with E-state index in [4.69, 9.17) is 4.74 Å². The number of rotatable bonds is 6. The Morgan fingerprint density at radius 1 is 1.13 bits per heavy atom. The van der Waals surface area contributed by atoms with Crippen LogP contribution in [0.25, 0.3) is 0 Å². The van der Waals surface area contributed by atoms with Crippen molar-refractivity contribution in [3.05, 3.63) is 35.6 Å². The monoisotopic (exact) mass is 416 g/mol. The molecular formula is C23H29FN2O4. The van der Waals surface area contributed by atoms with Crippen molar-refractivity contribution in [2.75, 3.05) is 6.61 Å². The molecule has 4 aliphatic carbocycles. The van der Waals surface area contributed by atoms with Crippen LogP contribution in [0.3, 0.4) is 0 Å². The highest BCUT2D eigenvalue weighted by Crippen LogP contribution is 2.62. The van der Waals surface area contributed by atoms with Gasteiger partial charge in [-0.15, -0.1) is 0 Å². The van der Waals surface area contributed by atoms with Crippen LogP contribution in [0.1, 0.15) is 64.0 Å². The molecule has 4 aliphatic rings. The van der Waals surface area contributed by atoms with Gasteiger partial charge in [0.25, 0.3) is 5.91 Å². The van der Waals surface area contributed by atoms with Gasteiger partial charge in [0.1, 0.15) is 5.82 Å². The average molecular weight is 416 g/mol. The number of ether oxygens (including phenoxy) is 1. The third-order valence-corrected chi connectivity index (χ3v) is 7.02. The number of nitrogens with one attached hydrogen (secondary N) is 2. The molecule has 0 spiro atoms. The van der Waals surface area contributed by atoms with Crippen LogP contribution in [0.5, 0.6) is 0 Å². The molecule has 0 unspecified atom stereocenters. The van der Waals surface area contributed by atoms with Gasteiger partial charge in [0.05, 0.1) is 11.5 Å². The summed E-state index contributed by atoms with van der Waals surface area (Å²) in [6.45, 7) is 2.98. The Hall–Kier alpha value is -2.44. The molecule has 7 heteroatoms. The van der Waals surface area contributed by atoms with Gasteiger partial charge >= 0.3 is 5.97 Å². The zero-order chi connectivity index (χ0) is 21.5. The molecule has 1 aromatic rings. The van der Waals surface area contributed by atoms with Gasteiger partial charge in [-0.05, 0) is 75.0 Å². The van der Waals surface area contributed by atoms with Gasteiger partial charge in [-0.3, -0.25) is 14.4 Å². The molecule has 162 valence electrons. The van der Waals surface area contributed by atoms with Crippen LogP contribution in [-0.2, 0) is 19.1 Å². The maximum atomic E-state index is 13.1. The molecule has 2 N–H and O–H groups in total. The Morgan fingerprint density at radius 3 is 2.37 bits per heavy atom. The van der Waals surface area contributed by atoms with Gasteiger partial charge in [-0.1, -0.05) is 12.1 Å². The van der Waals surface area contributed by atoms with Crippen LogP contribution >= 0.6 is 0 Å². The lowest BCUT2D eigenvalue weighted by Gasteiger charge is -2.60. The second kappa shape index (κ2) is 7.67. The summed E-state index contributed by atoms with van der Waals surface area (Å²) < 4.78 is 18.5. The molecule has 4 bridgehead atoms. The van der Waals surface area contributed by atoms with E-state index in [2.05, 4.69) is 10.6 Å². The molecular weight excluding hydrogens is 387 g/mol. The van der Waals surface area contributed by atoms with Crippen molar-refractivity contribution >= 4 is 17.8 Å². The van der Waals surface area contributed by atoms with Crippen molar-refractivity contribution in [2.24, 2.45) is 17.3 Å². The lowest BCUT2D eigenvalue weighted by molar-refractivity contribution is -0.177. The number of esters is 1.